The first kappa shape index (κ1) is 65.9. The molecule has 2 aliphatic heterocycles. The smallest absolute Gasteiger partial charge is 0.330 e. The summed E-state index contributed by atoms with van der Waals surface area (Å²) in [6.45, 7) is 6.19. The molecule has 0 saturated carbocycles. The molecule has 2 unspecified atom stereocenters. The largest absolute Gasteiger partial charge is 0.481 e. The van der Waals surface area contributed by atoms with E-state index >= 15 is 0 Å². The van der Waals surface area contributed by atoms with Crippen LogP contribution >= 0.6 is 46.4 Å². The monoisotopic (exact) mass is 1220 g/mol. The van der Waals surface area contributed by atoms with Gasteiger partial charge in [-0.1, -0.05) is 13.8 Å². The maximum absolute atomic E-state index is 13.6. The average Bonchev–Trinajstić information content (AvgIpc) is 4.20. The number of halogens is 6. The van der Waals surface area contributed by atoms with Crippen LogP contribution in [0.5, 0.6) is 0 Å². The molecule has 6 N–H and O–H groups in total. The Kier molecular flexibility index (Phi) is 26.1. The quantitative estimate of drug-likeness (QED) is 0.0375. The normalized spacial score (nSPS) is 18.4. The molecule has 81 heavy (non-hydrogen) atoms. The molecule has 0 radical (unpaired) electrons. The highest BCUT2D eigenvalue weighted by Crippen LogP contribution is 2.30. The molecule has 23 nitrogen and oxygen atoms in total. The number of carboxylic acid groups (broad SMARTS) is 1. The zero-order chi connectivity index (χ0) is 59.5. The van der Waals surface area contributed by atoms with Crippen molar-refractivity contribution in [1.29, 1.82) is 0 Å². The number of rotatable bonds is 23. The lowest BCUT2D eigenvalue weighted by atomic mass is 10.2. The number of carbonyl (C=O) groups excluding carboxylic acids is 1. The van der Waals surface area contributed by atoms with Crippen LogP contribution in [0.4, 0.5) is 20.2 Å². The van der Waals surface area contributed by atoms with Crippen molar-refractivity contribution < 1.29 is 53.0 Å². The topological polar surface area (TPSA) is 295 Å². The summed E-state index contributed by atoms with van der Waals surface area (Å²) in [5.74, 6) is 0.268. The van der Waals surface area contributed by atoms with Gasteiger partial charge in [-0.25, -0.2) is 19.6 Å². The number of nitrogens with one attached hydrogen (secondary N) is 2. The Balaban J connectivity index is 0.000000242. The molecule has 6 atom stereocenters. The van der Waals surface area contributed by atoms with Crippen LogP contribution in [-0.2, 0) is 50.7 Å². The number of carbonyl (C=O) groups is 2. The lowest BCUT2D eigenvalue weighted by Crippen LogP contribution is -2.34. The van der Waals surface area contributed by atoms with Gasteiger partial charge in [-0.15, -0.1) is 46.4 Å². The van der Waals surface area contributed by atoms with Crippen molar-refractivity contribution in [1.82, 2.24) is 38.2 Å². The summed E-state index contributed by atoms with van der Waals surface area (Å²) in [5.41, 5.74) is 1.86. The predicted molar refractivity (Wildman–Crippen MR) is 303 cm³/mol. The number of aromatic nitrogens is 8. The number of alkyl halides is 4. The Bertz CT molecular complexity index is 3250. The number of ether oxygens (including phenoxy) is 3. The minimum atomic E-state index is -1.15. The van der Waals surface area contributed by atoms with Gasteiger partial charge in [0.2, 0.25) is 11.6 Å². The number of aromatic amines is 2. The van der Waals surface area contributed by atoms with Gasteiger partial charge in [-0.3, -0.25) is 38.3 Å². The Morgan fingerprint density at radius 3 is 1.49 bits per heavy atom. The second kappa shape index (κ2) is 32.1. The molecule has 0 amide bonds. The van der Waals surface area contributed by atoms with Crippen LogP contribution in [0.15, 0.2) is 68.0 Å². The number of aliphatic carboxylic acids is 1. The van der Waals surface area contributed by atoms with E-state index in [1.807, 2.05) is 78.5 Å². The van der Waals surface area contributed by atoms with E-state index < -0.39 is 89.5 Å². The van der Waals surface area contributed by atoms with Gasteiger partial charge >= 0.3 is 23.3 Å². The third kappa shape index (κ3) is 17.8. The molecular formula is C52H68Cl4F2N10O13. The third-order valence-electron chi connectivity index (χ3n) is 13.1. The number of aliphatic hydroxyl groups is 3. The number of benzene rings is 2. The molecule has 8 rings (SSSR count). The van der Waals surface area contributed by atoms with Gasteiger partial charge in [0.1, 0.15) is 42.9 Å². The van der Waals surface area contributed by atoms with Crippen molar-refractivity contribution in [2.24, 2.45) is 14.1 Å². The number of aryl methyl sites for hydroxylation is 4. The van der Waals surface area contributed by atoms with Crippen LogP contribution < -0.4 is 32.3 Å². The molecule has 29 heteroatoms. The molecule has 2 fully saturated rings. The zero-order valence-corrected chi connectivity index (χ0v) is 48.1. The lowest BCUT2D eigenvalue weighted by molar-refractivity contribution is -0.150. The lowest BCUT2D eigenvalue weighted by Gasteiger charge is -2.22. The molecule has 446 valence electrons. The highest BCUT2D eigenvalue weighted by atomic mass is 35.5. The first-order valence-corrected chi connectivity index (χ1v) is 28.3. The number of esters is 1. The Hall–Kier alpha value is -5.90. The first-order valence-electron chi connectivity index (χ1n) is 26.1. The van der Waals surface area contributed by atoms with Gasteiger partial charge < -0.3 is 53.6 Å². The van der Waals surface area contributed by atoms with E-state index in [9.17, 15) is 47.8 Å². The van der Waals surface area contributed by atoms with Crippen LogP contribution in [-0.4, -0.2) is 158 Å². The van der Waals surface area contributed by atoms with E-state index in [2.05, 4.69) is 14.8 Å². The van der Waals surface area contributed by atoms with Crippen molar-refractivity contribution in [3.05, 3.63) is 114 Å². The first-order chi connectivity index (χ1) is 38.8. The summed E-state index contributed by atoms with van der Waals surface area (Å²) in [6, 6.07) is 12.1. The van der Waals surface area contributed by atoms with Gasteiger partial charge in [0.25, 0.3) is 11.1 Å². The number of imidazole rings is 2. The van der Waals surface area contributed by atoms with Crippen molar-refractivity contribution in [3.8, 4) is 0 Å². The van der Waals surface area contributed by atoms with Crippen molar-refractivity contribution >= 4 is 91.8 Å². The Morgan fingerprint density at radius 2 is 1.10 bits per heavy atom. The Morgan fingerprint density at radius 1 is 0.691 bits per heavy atom. The summed E-state index contributed by atoms with van der Waals surface area (Å²) in [5, 5.41) is 37.3. The minimum absolute atomic E-state index is 0.0302. The van der Waals surface area contributed by atoms with E-state index in [4.69, 9.17) is 75.8 Å². The maximum atomic E-state index is 13.6. The molecule has 6 heterocycles. The SMILES string of the molecule is CC.Cn1c(CCCC(=O)O)nc2cc(N(CCCl)CCCl)ccc21.Cn1c(CCCC(=O)OC[C@H]2O[C@@H](n3cc(F)c(=O)[nH]c3=O)CC2O)nc2cc(N(CCCl)CCCl)ccc21.O=c1[nH]c(=O)n([C@H]2CC(O)[C@@H](CO)O2)cc1F. The fourth-order valence-electron chi connectivity index (χ4n) is 8.94. The molecule has 6 aromatic rings. The number of nitrogens with zero attached hydrogens (tertiary/aromatic N) is 8. The fourth-order valence-corrected chi connectivity index (χ4v) is 9.75. The molecule has 0 aliphatic carbocycles. The van der Waals surface area contributed by atoms with E-state index in [-0.39, 0.29) is 32.3 Å². The van der Waals surface area contributed by atoms with E-state index in [0.717, 1.165) is 79.7 Å². The van der Waals surface area contributed by atoms with Gasteiger partial charge in [0.05, 0.1) is 53.3 Å². The van der Waals surface area contributed by atoms with Gasteiger partial charge in [-0.05, 0) is 49.2 Å². The number of hydrogen-bond acceptors (Lipinski definition) is 16. The fraction of sp³-hybridized carbons (Fsp3) is 0.538. The number of carboxylic acids is 1. The summed E-state index contributed by atoms with van der Waals surface area (Å²) in [6.07, 6.45) is -1.57. The van der Waals surface area contributed by atoms with Crippen LogP contribution in [0.2, 0.25) is 0 Å². The summed E-state index contributed by atoms with van der Waals surface area (Å²) >= 11 is 23.6. The van der Waals surface area contributed by atoms with Gasteiger partial charge in [0, 0.05) is 114 Å². The van der Waals surface area contributed by atoms with E-state index in [1.165, 1.54) is 0 Å². The van der Waals surface area contributed by atoms with Crippen molar-refractivity contribution in [2.75, 3.05) is 72.7 Å². The van der Waals surface area contributed by atoms with E-state index in [0.29, 0.717) is 62.3 Å². The van der Waals surface area contributed by atoms with Crippen LogP contribution in [0.25, 0.3) is 22.1 Å². The van der Waals surface area contributed by atoms with Gasteiger partial charge in [0.15, 0.2) is 0 Å². The molecule has 2 saturated heterocycles. The molecule has 0 spiro atoms. The number of H-pyrrole nitrogens is 2. The predicted octanol–water partition coefficient (Wildman–Crippen LogP) is 4.67. The average molecular weight is 1220 g/mol. The molecule has 2 aromatic carbocycles. The Labute approximate surface area is 483 Å². The molecular weight excluding hydrogens is 1150 g/mol. The highest BCUT2D eigenvalue weighted by molar-refractivity contribution is 6.19. The minimum Gasteiger partial charge on any atom is -0.481 e. The van der Waals surface area contributed by atoms with Crippen molar-refractivity contribution in [2.45, 2.75) is 102 Å². The summed E-state index contributed by atoms with van der Waals surface area (Å²) in [4.78, 5) is 85.6. The second-order valence-electron chi connectivity index (χ2n) is 18.4. The number of hydrogen-bond donors (Lipinski definition) is 6. The standard InChI is InChI=1S/C25H30Cl2FN5O6.C16H21Cl2N3O2.C9H11FN2O5.C2H6/c1-31-18-6-5-15(32(9-7-26)10-8-27)11-17(18)29-21(31)3-2-4-23(35)38-14-20-19(34)12-22(39-20)33-13-16(28)24(36)30-25(33)37;1-20-14-6-5-12(21(9-7-17)10-8-18)11-13(14)19-15(20)3-2-4-16(22)23;10-4-2-12(9(16)11-8(4)15)7-1-5(14)6(3-13)17-7;1-2/h5-6,11,13,19-20,22,34H,2-4,7-10,12,14H2,1H3,(H,30,36,37);5-6,11H,2-4,7-10H2,1H3,(H,22,23);2,5-7,13-14H,1,3H2,(H,11,15,16);1-2H3/t19?,20-,22-;;5?,6-,7-;/m1.1./s1. The molecule has 2 aliphatic rings. The third-order valence-corrected chi connectivity index (χ3v) is 13.8. The number of fused-ring (bicyclic) bond motifs is 2. The second-order valence-corrected chi connectivity index (χ2v) is 19.9. The van der Waals surface area contributed by atoms with E-state index in [1.54, 1.807) is 4.98 Å². The highest BCUT2D eigenvalue weighted by Gasteiger charge is 2.37. The zero-order valence-electron chi connectivity index (χ0n) is 45.1. The van der Waals surface area contributed by atoms with Gasteiger partial charge in [-0.2, -0.15) is 8.78 Å². The molecule has 0 bridgehead atoms. The van der Waals surface area contributed by atoms with Crippen molar-refractivity contribution in [3.63, 3.8) is 0 Å². The summed E-state index contributed by atoms with van der Waals surface area (Å²) in [7, 11) is 3.88. The number of aliphatic hydroxyl groups excluding tert-OH is 3. The van der Waals surface area contributed by atoms with Crippen LogP contribution in [0, 0.1) is 11.6 Å². The number of anilines is 2. The van der Waals surface area contributed by atoms with Crippen LogP contribution in [0.3, 0.4) is 0 Å². The molecule has 4 aromatic heterocycles. The maximum Gasteiger partial charge on any atom is 0.330 e. The summed E-state index contributed by atoms with van der Waals surface area (Å²) < 4.78 is 48.3. The van der Waals surface area contributed by atoms with Crippen LogP contribution in [0.1, 0.15) is 76.5 Å².